The van der Waals surface area contributed by atoms with Crippen molar-refractivity contribution < 1.29 is 4.39 Å². The van der Waals surface area contributed by atoms with Crippen LogP contribution in [0, 0.1) is 11.7 Å². The third kappa shape index (κ3) is 2.57. The highest BCUT2D eigenvalue weighted by Gasteiger charge is 2.37. The van der Waals surface area contributed by atoms with Gasteiger partial charge in [-0.05, 0) is 30.2 Å². The summed E-state index contributed by atoms with van der Waals surface area (Å²) in [5.41, 5.74) is -0.189. The first-order valence-corrected chi connectivity index (χ1v) is 6.69. The summed E-state index contributed by atoms with van der Waals surface area (Å²) >= 11 is 0. The molecule has 0 radical (unpaired) electrons. The monoisotopic (exact) mass is 274 g/mol. The van der Waals surface area contributed by atoms with Crippen molar-refractivity contribution >= 4 is 0 Å². The zero-order valence-electron chi connectivity index (χ0n) is 10.9. The van der Waals surface area contributed by atoms with Crippen molar-refractivity contribution in [2.45, 2.75) is 25.3 Å². The van der Waals surface area contributed by atoms with Crippen LogP contribution in [-0.4, -0.2) is 9.55 Å². The van der Waals surface area contributed by atoms with Crippen LogP contribution < -0.4 is 11.2 Å². The van der Waals surface area contributed by atoms with E-state index >= 15 is 0 Å². The summed E-state index contributed by atoms with van der Waals surface area (Å²) < 4.78 is 14.4. The first-order valence-electron chi connectivity index (χ1n) is 6.69. The van der Waals surface area contributed by atoms with E-state index in [2.05, 4.69) is 12.1 Å². The number of nitrogens with zero attached hydrogens (tertiary/aromatic N) is 1. The molecule has 1 saturated carbocycles. The summed E-state index contributed by atoms with van der Waals surface area (Å²) in [5.74, 6) is 0.152. The molecule has 2 atom stereocenters. The first-order chi connectivity index (χ1) is 9.65. The van der Waals surface area contributed by atoms with Crippen molar-refractivity contribution in [3.63, 3.8) is 0 Å². The molecule has 1 N–H and O–H groups in total. The Bertz CT molecular complexity index is 721. The van der Waals surface area contributed by atoms with E-state index in [0.717, 1.165) is 19.0 Å². The van der Waals surface area contributed by atoms with Gasteiger partial charge in [0.2, 0.25) is 5.82 Å². The average Bonchev–Trinajstić information content (AvgIpc) is 3.22. The van der Waals surface area contributed by atoms with Gasteiger partial charge in [0.15, 0.2) is 0 Å². The maximum Gasteiger partial charge on any atom is 0.328 e. The van der Waals surface area contributed by atoms with Crippen LogP contribution in [0.3, 0.4) is 0 Å². The molecule has 0 saturated heterocycles. The molecule has 1 aliphatic carbocycles. The van der Waals surface area contributed by atoms with Crippen LogP contribution in [0.5, 0.6) is 0 Å². The van der Waals surface area contributed by atoms with E-state index < -0.39 is 17.1 Å². The van der Waals surface area contributed by atoms with E-state index in [-0.39, 0.29) is 0 Å². The van der Waals surface area contributed by atoms with Gasteiger partial charge in [0, 0.05) is 6.54 Å². The molecule has 1 fully saturated rings. The lowest BCUT2D eigenvalue weighted by atomic mass is 10.1. The highest BCUT2D eigenvalue weighted by Crippen LogP contribution is 2.49. The summed E-state index contributed by atoms with van der Waals surface area (Å²) in [7, 11) is 0. The number of hydrogen-bond donors (Lipinski definition) is 1. The van der Waals surface area contributed by atoms with E-state index in [1.54, 1.807) is 0 Å². The molecule has 0 amide bonds. The van der Waals surface area contributed by atoms with E-state index in [0.29, 0.717) is 18.4 Å². The minimum Gasteiger partial charge on any atom is -0.298 e. The summed E-state index contributed by atoms with van der Waals surface area (Å²) in [5, 5.41) is 0. The number of H-pyrrole nitrogens is 1. The summed E-state index contributed by atoms with van der Waals surface area (Å²) in [4.78, 5) is 24.4. The van der Waals surface area contributed by atoms with Crippen molar-refractivity contribution in [3.05, 3.63) is 68.7 Å². The Morgan fingerprint density at radius 1 is 1.25 bits per heavy atom. The number of aryl methyl sites for hydroxylation is 1. The molecule has 2 aromatic rings. The van der Waals surface area contributed by atoms with E-state index in [1.165, 1.54) is 10.1 Å². The van der Waals surface area contributed by atoms with Crippen LogP contribution in [0.25, 0.3) is 0 Å². The predicted molar refractivity (Wildman–Crippen MR) is 73.2 cm³/mol. The maximum absolute atomic E-state index is 13.1. The normalized spacial score (nSPS) is 20.9. The molecule has 1 aromatic heterocycles. The minimum atomic E-state index is -0.958. The van der Waals surface area contributed by atoms with Gasteiger partial charge in [-0.15, -0.1) is 0 Å². The van der Waals surface area contributed by atoms with Gasteiger partial charge in [-0.1, -0.05) is 30.3 Å². The molecular weight excluding hydrogens is 259 g/mol. The fourth-order valence-corrected chi connectivity index (χ4v) is 2.63. The largest absolute Gasteiger partial charge is 0.328 e. The van der Waals surface area contributed by atoms with Crippen LogP contribution in [0.1, 0.15) is 24.3 Å². The number of nitrogens with one attached hydrogen (secondary N) is 1. The van der Waals surface area contributed by atoms with E-state index in [1.807, 2.05) is 23.2 Å². The van der Waals surface area contributed by atoms with Gasteiger partial charge in [-0.25, -0.2) is 4.79 Å². The Kier molecular flexibility index (Phi) is 3.26. The predicted octanol–water partition coefficient (Wildman–Crippen LogP) is 1.87. The molecule has 1 heterocycles. The lowest BCUT2D eigenvalue weighted by molar-refractivity contribution is 0.520. The van der Waals surface area contributed by atoms with Crippen molar-refractivity contribution in [1.82, 2.24) is 9.55 Å². The molecule has 0 aliphatic heterocycles. The lowest BCUT2D eigenvalue weighted by Crippen LogP contribution is -2.31. The van der Waals surface area contributed by atoms with Crippen molar-refractivity contribution in [3.8, 4) is 0 Å². The smallest absolute Gasteiger partial charge is 0.298 e. The Morgan fingerprint density at radius 2 is 2.00 bits per heavy atom. The van der Waals surface area contributed by atoms with Crippen LogP contribution in [-0.2, 0) is 6.54 Å². The highest BCUT2D eigenvalue weighted by molar-refractivity contribution is 5.25. The van der Waals surface area contributed by atoms with Gasteiger partial charge < -0.3 is 0 Å². The quantitative estimate of drug-likeness (QED) is 0.925. The molecule has 4 nitrogen and oxygen atoms in total. The van der Waals surface area contributed by atoms with E-state index in [4.69, 9.17) is 0 Å². The minimum absolute atomic E-state index is 0.431. The number of aromatic amines is 1. The molecule has 104 valence electrons. The van der Waals surface area contributed by atoms with Gasteiger partial charge >= 0.3 is 5.69 Å². The van der Waals surface area contributed by atoms with Crippen molar-refractivity contribution in [2.24, 2.45) is 5.92 Å². The number of rotatable bonds is 4. The maximum atomic E-state index is 13.1. The van der Waals surface area contributed by atoms with Crippen molar-refractivity contribution in [1.29, 1.82) is 0 Å². The Balaban J connectivity index is 1.64. The summed E-state index contributed by atoms with van der Waals surface area (Å²) in [6.07, 6.45) is 2.90. The van der Waals surface area contributed by atoms with Crippen LogP contribution in [0.15, 0.2) is 46.1 Å². The molecule has 1 aliphatic rings. The molecule has 1 aromatic carbocycles. The highest BCUT2D eigenvalue weighted by atomic mass is 19.1. The van der Waals surface area contributed by atoms with E-state index in [9.17, 15) is 14.0 Å². The van der Waals surface area contributed by atoms with Crippen LogP contribution >= 0.6 is 0 Å². The van der Waals surface area contributed by atoms with Gasteiger partial charge in [-0.2, -0.15) is 4.39 Å². The fourth-order valence-electron chi connectivity index (χ4n) is 2.63. The molecule has 20 heavy (non-hydrogen) atoms. The Morgan fingerprint density at radius 3 is 2.75 bits per heavy atom. The molecule has 0 bridgehead atoms. The molecule has 0 spiro atoms. The fraction of sp³-hybridized carbons (Fsp3) is 0.333. The van der Waals surface area contributed by atoms with Gasteiger partial charge in [0.25, 0.3) is 5.56 Å². The van der Waals surface area contributed by atoms with Crippen molar-refractivity contribution in [2.75, 3.05) is 0 Å². The number of halogens is 1. The summed E-state index contributed by atoms with van der Waals surface area (Å²) in [6, 6.07) is 10.2. The van der Waals surface area contributed by atoms with Gasteiger partial charge in [-0.3, -0.25) is 14.3 Å². The molecular formula is C15H15FN2O2. The molecule has 0 unspecified atom stereocenters. The number of aromatic nitrogens is 2. The average molecular weight is 274 g/mol. The standard InChI is InChI=1S/C15H15FN2O2/c16-13-9-18(15(20)17-14(13)19)7-6-11-8-12(11)10-4-2-1-3-5-10/h1-5,9,11-12H,6-8H2,(H,17,19,20)/t11-,12-/m1/s1. The lowest BCUT2D eigenvalue weighted by Gasteiger charge is -2.04. The van der Waals surface area contributed by atoms with Gasteiger partial charge in [0.05, 0.1) is 6.20 Å². The second-order valence-electron chi connectivity index (χ2n) is 5.23. The SMILES string of the molecule is O=c1[nH]c(=O)n(CC[C@@H]2C[C@@H]2c2ccccc2)cc1F. The topological polar surface area (TPSA) is 54.9 Å². The zero-order valence-corrected chi connectivity index (χ0v) is 10.9. The molecule has 3 rings (SSSR count). The Hall–Kier alpha value is -2.17. The summed E-state index contributed by atoms with van der Waals surface area (Å²) in [6.45, 7) is 0.431. The molecule has 5 heteroatoms. The third-order valence-electron chi connectivity index (χ3n) is 3.86. The third-order valence-corrected chi connectivity index (χ3v) is 3.86. The first kappa shape index (κ1) is 12.8. The van der Waals surface area contributed by atoms with Gasteiger partial charge in [0.1, 0.15) is 0 Å². The number of benzene rings is 1. The van der Waals surface area contributed by atoms with Crippen LogP contribution in [0.2, 0.25) is 0 Å². The number of hydrogen-bond acceptors (Lipinski definition) is 2. The second kappa shape index (κ2) is 5.07. The van der Waals surface area contributed by atoms with Crippen LogP contribution in [0.4, 0.5) is 4.39 Å². The second-order valence-corrected chi connectivity index (χ2v) is 5.23. The zero-order chi connectivity index (χ0) is 14.1. The Labute approximate surface area is 114 Å².